The molecule has 4 aromatic rings. The second-order valence-corrected chi connectivity index (χ2v) is 8.48. The van der Waals surface area contributed by atoms with Gasteiger partial charge >= 0.3 is 5.97 Å². The van der Waals surface area contributed by atoms with Crippen LogP contribution < -0.4 is 10.3 Å². The number of aromatic amines is 1. The topological polar surface area (TPSA) is 96.7 Å². The number of nitrogens with one attached hydrogen (secondary N) is 1. The second-order valence-electron chi connectivity index (χ2n) is 8.48. The zero-order valence-corrected chi connectivity index (χ0v) is 18.2. The third kappa shape index (κ3) is 4.26. The molecule has 2 heterocycles. The molecular weight excluding hydrogens is 418 g/mol. The van der Waals surface area contributed by atoms with Gasteiger partial charge in [0.15, 0.2) is 5.65 Å². The van der Waals surface area contributed by atoms with Crippen molar-refractivity contribution < 1.29 is 14.6 Å². The molecule has 0 spiro atoms. The zero-order valence-electron chi connectivity index (χ0n) is 18.2. The van der Waals surface area contributed by atoms with Gasteiger partial charge in [0, 0.05) is 17.2 Å². The van der Waals surface area contributed by atoms with Crippen LogP contribution in [0, 0.1) is 0 Å². The Kier molecular flexibility index (Phi) is 5.69. The predicted octanol–water partition coefficient (Wildman–Crippen LogP) is 5.01. The van der Waals surface area contributed by atoms with Crippen LogP contribution in [-0.4, -0.2) is 25.7 Å². The van der Waals surface area contributed by atoms with Crippen molar-refractivity contribution in [2.24, 2.45) is 0 Å². The molecule has 0 bridgehead atoms. The molecule has 7 heteroatoms. The lowest BCUT2D eigenvalue weighted by atomic mass is 9.83. The lowest BCUT2D eigenvalue weighted by Gasteiger charge is -2.23. The fraction of sp³-hybridized carbons (Fsp3) is 0.269. The Labute approximate surface area is 190 Å². The number of fused-ring (bicyclic) bond motifs is 1. The smallest absolute Gasteiger partial charge is 0.353 e. The largest absolute Gasteiger partial charge is 0.489 e. The molecule has 0 radical (unpaired) electrons. The fourth-order valence-electron chi connectivity index (χ4n) is 4.58. The number of ether oxygens (including phenoxy) is 1. The molecule has 1 fully saturated rings. The van der Waals surface area contributed by atoms with Gasteiger partial charge in [-0.25, -0.2) is 14.3 Å². The van der Waals surface area contributed by atoms with Crippen molar-refractivity contribution in [1.29, 1.82) is 0 Å². The van der Waals surface area contributed by atoms with E-state index in [-0.39, 0.29) is 17.2 Å². The molecule has 0 amide bonds. The Morgan fingerprint density at radius 1 is 1.06 bits per heavy atom. The van der Waals surface area contributed by atoms with Crippen LogP contribution in [-0.2, 0) is 6.61 Å². The van der Waals surface area contributed by atoms with E-state index in [1.54, 1.807) is 0 Å². The van der Waals surface area contributed by atoms with Crippen molar-refractivity contribution in [2.45, 2.75) is 44.6 Å². The minimum Gasteiger partial charge on any atom is -0.489 e. The van der Waals surface area contributed by atoms with Crippen LogP contribution in [0.5, 0.6) is 5.75 Å². The molecule has 1 aliphatic carbocycles. The number of benzene rings is 2. The quantitative estimate of drug-likeness (QED) is 0.436. The van der Waals surface area contributed by atoms with Gasteiger partial charge in [-0.3, -0.25) is 9.89 Å². The third-order valence-electron chi connectivity index (χ3n) is 6.27. The average Bonchev–Trinajstić information content (AvgIpc) is 3.29. The minimum atomic E-state index is -1.12. The summed E-state index contributed by atoms with van der Waals surface area (Å²) in [5.74, 6) is -0.286. The highest BCUT2D eigenvalue weighted by molar-refractivity contribution is 5.86. The van der Waals surface area contributed by atoms with Gasteiger partial charge in [0.2, 0.25) is 0 Å². The minimum absolute atomic E-state index is 0.0593. The van der Waals surface area contributed by atoms with Gasteiger partial charge in [0.1, 0.15) is 18.1 Å². The molecule has 0 unspecified atom stereocenters. The molecule has 33 heavy (non-hydrogen) atoms. The van der Waals surface area contributed by atoms with Gasteiger partial charge in [-0.1, -0.05) is 49.6 Å². The lowest BCUT2D eigenvalue weighted by molar-refractivity contribution is 0.0690. The maximum Gasteiger partial charge on any atom is 0.353 e. The van der Waals surface area contributed by atoms with E-state index in [2.05, 4.69) is 5.10 Å². The highest BCUT2D eigenvalue weighted by Gasteiger charge is 2.26. The first-order chi connectivity index (χ1) is 16.1. The summed E-state index contributed by atoms with van der Waals surface area (Å²) in [7, 11) is 0. The number of H-pyrrole nitrogens is 1. The second kappa shape index (κ2) is 8.94. The number of carboxylic acids is 1. The van der Waals surface area contributed by atoms with Crippen LogP contribution in [0.1, 0.15) is 59.6 Å². The van der Waals surface area contributed by atoms with E-state index in [9.17, 15) is 14.7 Å². The molecule has 5 rings (SSSR count). The van der Waals surface area contributed by atoms with Gasteiger partial charge in [0.25, 0.3) is 5.56 Å². The maximum atomic E-state index is 13.5. The van der Waals surface area contributed by atoms with Crippen molar-refractivity contribution in [3.63, 3.8) is 0 Å². The number of rotatable bonds is 6. The van der Waals surface area contributed by atoms with Crippen LogP contribution in [0.25, 0.3) is 16.9 Å². The lowest BCUT2D eigenvalue weighted by Crippen LogP contribution is -2.25. The third-order valence-corrected chi connectivity index (χ3v) is 6.27. The molecular formula is C26H25N3O4. The molecule has 0 saturated heterocycles. The van der Waals surface area contributed by atoms with Crippen molar-refractivity contribution in [1.82, 2.24) is 14.6 Å². The normalized spacial score (nSPS) is 14.4. The first-order valence-electron chi connectivity index (χ1n) is 11.3. The molecule has 1 saturated carbocycles. The van der Waals surface area contributed by atoms with Crippen LogP contribution in [0.3, 0.4) is 0 Å². The number of aromatic nitrogens is 3. The van der Waals surface area contributed by atoms with Gasteiger partial charge in [-0.15, -0.1) is 0 Å². The summed E-state index contributed by atoms with van der Waals surface area (Å²) in [6.07, 6.45) is 5.18. The van der Waals surface area contributed by atoms with Gasteiger partial charge in [-0.2, -0.15) is 0 Å². The van der Waals surface area contributed by atoms with E-state index in [0.29, 0.717) is 23.5 Å². The van der Waals surface area contributed by atoms with Crippen LogP contribution >= 0.6 is 0 Å². The summed E-state index contributed by atoms with van der Waals surface area (Å²) in [6.45, 7) is 0.473. The van der Waals surface area contributed by atoms with E-state index in [1.165, 1.54) is 17.0 Å². The predicted molar refractivity (Wildman–Crippen MR) is 125 cm³/mol. The van der Waals surface area contributed by atoms with Crippen molar-refractivity contribution in [3.05, 3.63) is 87.8 Å². The van der Waals surface area contributed by atoms with Crippen molar-refractivity contribution in [3.8, 4) is 17.0 Å². The zero-order chi connectivity index (χ0) is 22.8. The first-order valence-corrected chi connectivity index (χ1v) is 11.3. The number of nitrogens with zero attached hydrogens (tertiary/aromatic N) is 2. The summed E-state index contributed by atoms with van der Waals surface area (Å²) < 4.78 is 7.15. The molecule has 2 N–H and O–H groups in total. The van der Waals surface area contributed by atoms with Crippen LogP contribution in [0.2, 0.25) is 0 Å². The average molecular weight is 444 g/mol. The summed E-state index contributed by atoms with van der Waals surface area (Å²) in [5.41, 5.74) is 3.20. The molecule has 168 valence electrons. The Balaban J connectivity index is 1.53. The van der Waals surface area contributed by atoms with Crippen LogP contribution in [0.4, 0.5) is 0 Å². The van der Waals surface area contributed by atoms with E-state index in [1.807, 2.05) is 54.6 Å². The SMILES string of the molecule is O=C(O)c1cc2nc(-c3ccc(OCc4ccccc4)cc3)c(C3CCCCC3)c(=O)n2[nH]1. The monoisotopic (exact) mass is 443 g/mol. The van der Waals surface area contributed by atoms with E-state index < -0.39 is 5.97 Å². The number of aromatic carboxylic acids is 1. The number of hydrogen-bond donors (Lipinski definition) is 2. The summed E-state index contributed by atoms with van der Waals surface area (Å²) in [4.78, 5) is 29.6. The highest BCUT2D eigenvalue weighted by atomic mass is 16.5. The summed E-state index contributed by atoms with van der Waals surface area (Å²) >= 11 is 0. The van der Waals surface area contributed by atoms with Gasteiger partial charge in [0.05, 0.1) is 5.69 Å². The van der Waals surface area contributed by atoms with E-state index in [4.69, 9.17) is 9.72 Å². The summed E-state index contributed by atoms with van der Waals surface area (Å²) in [5, 5.41) is 12.0. The van der Waals surface area contributed by atoms with Gasteiger partial charge in [-0.05, 0) is 48.6 Å². The molecule has 2 aromatic heterocycles. The Morgan fingerprint density at radius 2 is 1.79 bits per heavy atom. The molecule has 0 aliphatic heterocycles. The standard InChI is InChI=1S/C26H25N3O4/c30-25-23(18-9-5-2-6-10-18)24(27-22-15-21(26(31)32)28-29(22)25)19-11-13-20(14-12-19)33-16-17-7-3-1-4-8-17/h1,3-4,7-8,11-15,18,28H,2,5-6,9-10,16H2,(H,31,32). The Hall–Kier alpha value is -3.87. The molecule has 2 aromatic carbocycles. The molecule has 1 aliphatic rings. The summed E-state index contributed by atoms with van der Waals surface area (Å²) in [6, 6.07) is 18.9. The van der Waals surface area contributed by atoms with Crippen LogP contribution in [0.15, 0.2) is 65.5 Å². The van der Waals surface area contributed by atoms with Crippen molar-refractivity contribution >= 4 is 11.6 Å². The number of carbonyl (C=O) groups is 1. The number of hydrogen-bond acceptors (Lipinski definition) is 4. The van der Waals surface area contributed by atoms with E-state index >= 15 is 0 Å². The highest BCUT2D eigenvalue weighted by Crippen LogP contribution is 2.36. The molecule has 7 nitrogen and oxygen atoms in total. The Morgan fingerprint density at radius 3 is 2.48 bits per heavy atom. The molecule has 0 atom stereocenters. The number of carboxylic acid groups (broad SMARTS) is 1. The first kappa shape index (κ1) is 21.0. The Bertz CT molecular complexity index is 1330. The van der Waals surface area contributed by atoms with E-state index in [0.717, 1.165) is 42.6 Å². The maximum absolute atomic E-state index is 13.5. The fourth-order valence-corrected chi connectivity index (χ4v) is 4.58. The van der Waals surface area contributed by atoms with Gasteiger partial charge < -0.3 is 9.84 Å². The van der Waals surface area contributed by atoms with Crippen molar-refractivity contribution in [2.75, 3.05) is 0 Å².